The number of amides is 3. The molecule has 2 aliphatic rings. The molecule has 0 radical (unpaired) electrons. The number of thiazole rings is 4. The number of Topliss-reactive ketones (excluding diaryl/α,β-unsaturated/α-hetero) is 5. The zero-order valence-electron chi connectivity index (χ0n) is 75.3. The van der Waals surface area contributed by atoms with Crippen LogP contribution in [0.1, 0.15) is 139 Å². The zero-order valence-corrected chi connectivity index (χ0v) is 78.6. The van der Waals surface area contributed by atoms with Crippen LogP contribution < -0.4 is 82.3 Å². The Kier molecular flexibility index (Phi) is 50.2. The number of likely N-dealkylation sites (N-methyl/N-ethyl adjacent to an activating group) is 3. The van der Waals surface area contributed by atoms with Crippen LogP contribution in [0.15, 0.2) is 122 Å². The molecule has 0 saturated carbocycles. The number of fused-ring (bicyclic) bond motifs is 4. The number of benzene rings is 4. The largest absolute Gasteiger partial charge is 0.480 e. The van der Waals surface area contributed by atoms with Gasteiger partial charge in [-0.15, -0.1) is 45.3 Å². The molecule has 42 heteroatoms. The van der Waals surface area contributed by atoms with Gasteiger partial charge in [0.2, 0.25) is 35.1 Å². The number of carboxylic acid groups (broad SMARTS) is 1. The first-order valence-electron chi connectivity index (χ1n) is 41.5. The van der Waals surface area contributed by atoms with Gasteiger partial charge >= 0.3 is 5.97 Å². The van der Waals surface area contributed by atoms with Crippen molar-refractivity contribution in [1.82, 2.24) is 77.6 Å². The number of rotatable bonds is 36. The standard InChI is InChI=1S/C22H30N6O4S.C15H21N5OS.C14H19N5OS.C9H20N4O.C9H15NO3.C8H18N4O2.C8H7NS/c1-13(29)28-12-14(32-3)11-17(28)20(31)26-16(8-6-10-25-22(23)24-2)19(30)21-27-15-7-4-5-9-18(15)33-21;1-17-11(7-5-9-19-15(16)18-2)13(21)14-20-10-6-3-4-8-12(10)22-14;1-17-14(16)18-8-4-5-9(15)12(20)13-19-10-6-2-3-7-11(10)21-13;1-7(14)8(11-2)5-4-6-13-9(10)12-3;1-6(11)9-4-8(13-3)5-10(9)7(2)12;1-10-6(7(13)14)4-3-5-12-8(9)11-2;1-6-9-7-4-2-3-5-8(7)10-6/h4-5,7,9,14,16-17H,6,8,10-12H2,1-3H3,(H,26,31)(H3,23,24,25);3-4,6,8,11,17H,5,7,9H2,1-2H3,(H3,16,18,19);2-3,6-7,9H,4-5,8,15H2,1H3,(H3,16,17,18);8,11H,4-6H2,1-3H3,(H3,10,12,13);8-9H,4-5H2,1-3H3;6,10H,3-5H2,1-2H3,(H,13,14)(H3,9,11,12);2-5H,1H3/t14-,16+,17+;11-;9-;8-;8-,9+;6-;/m100010./s1. The van der Waals surface area contributed by atoms with Crippen LogP contribution in [0.2, 0.25) is 0 Å². The number of methoxy groups -OCH3 is 2. The third kappa shape index (κ3) is 38.1. The molecular formula is C85H130N26O12S4. The lowest BCUT2D eigenvalue weighted by Crippen LogP contribution is -2.50. The maximum Gasteiger partial charge on any atom is 0.320 e. The summed E-state index contributed by atoms with van der Waals surface area (Å²) < 4.78 is 14.7. The van der Waals surface area contributed by atoms with Crippen LogP contribution in [0.25, 0.3) is 40.9 Å². The molecule has 0 bridgehead atoms. The van der Waals surface area contributed by atoms with Crippen LogP contribution in [-0.4, -0.2) is 288 Å². The highest BCUT2D eigenvalue weighted by molar-refractivity contribution is 7.21. The lowest BCUT2D eigenvalue weighted by molar-refractivity contribution is -0.139. The average Bonchev–Trinajstić information content (AvgIpc) is 1.70. The number of carboxylic acids is 1. The normalized spacial score (nSPS) is 16.3. The third-order valence-electron chi connectivity index (χ3n) is 19.9. The van der Waals surface area contributed by atoms with E-state index in [1.54, 1.807) is 93.8 Å². The Morgan fingerprint density at radius 3 is 1.06 bits per heavy atom. The molecule has 8 aromatic rings. The molecule has 0 spiro atoms. The van der Waals surface area contributed by atoms with Crippen LogP contribution in [0, 0.1) is 6.92 Å². The fourth-order valence-electron chi connectivity index (χ4n) is 12.7. The topological polar surface area (TPSA) is 577 Å². The SMILES string of the molecule is CN=C(N)NCCC[C@H](N)C(=O)c1nc2ccccc2s1.CN=C(N)NCCC[C@H](NC(=O)[C@@H]1C[C@@H](OC)CN1C(C)=O)C(=O)c1nc2ccccc2s1.CN=C(N)NCCC[C@H](NC)C(=O)O.CN=C(N)NCCC[C@H](NC)C(=O)c1nc2ccccc2s1.CN=C(N)NCCC[C@H](NC)C(C)=O.CO[C@@H]1C[C@@H](C(C)=O)N(C(C)=O)C1.Cc1nc2ccccc2s1. The molecule has 10 rings (SSSR count). The van der Waals surface area contributed by atoms with Crippen molar-refractivity contribution in [3.8, 4) is 0 Å². The van der Waals surface area contributed by atoms with Gasteiger partial charge in [0, 0.05) is 122 Å². The monoisotopic (exact) mass is 1830 g/mol. The summed E-state index contributed by atoms with van der Waals surface area (Å²) >= 11 is 5.87. The highest BCUT2D eigenvalue weighted by Gasteiger charge is 2.40. The van der Waals surface area contributed by atoms with E-state index >= 15 is 0 Å². The maximum atomic E-state index is 13.3. The van der Waals surface area contributed by atoms with E-state index in [0.717, 1.165) is 86.2 Å². The number of carbonyl (C=O) groups is 9. The quantitative estimate of drug-likeness (QED) is 0.0110. The van der Waals surface area contributed by atoms with Crippen molar-refractivity contribution >= 4 is 169 Å². The Balaban J connectivity index is 0.000000322. The minimum absolute atomic E-state index is 0.0119. The number of para-hydroxylation sites is 4. The number of guanidine groups is 5. The van der Waals surface area contributed by atoms with Gasteiger partial charge in [0.15, 0.2) is 50.6 Å². The Morgan fingerprint density at radius 2 is 0.748 bits per heavy atom. The van der Waals surface area contributed by atoms with E-state index in [9.17, 15) is 43.2 Å². The first-order chi connectivity index (χ1) is 60.7. The molecule has 9 atom stereocenters. The number of hydrogen-bond acceptors (Lipinski definition) is 28. The number of ether oxygens (including phenoxy) is 2. The number of nitrogens with zero attached hydrogens (tertiary/aromatic N) is 11. The minimum atomic E-state index is -0.829. The van der Waals surface area contributed by atoms with Crippen LogP contribution in [0.3, 0.4) is 0 Å². The summed E-state index contributed by atoms with van der Waals surface area (Å²) in [6, 6.07) is 28.1. The molecule has 6 heterocycles. The first kappa shape index (κ1) is 108. The van der Waals surface area contributed by atoms with Crippen molar-refractivity contribution in [2.45, 2.75) is 166 Å². The highest BCUT2D eigenvalue weighted by atomic mass is 32.1. The number of nitrogens with two attached hydrogens (primary N) is 6. The summed E-state index contributed by atoms with van der Waals surface area (Å²) in [4.78, 5) is 147. The van der Waals surface area contributed by atoms with Gasteiger partial charge in [-0.25, -0.2) is 19.9 Å². The molecule has 2 fully saturated rings. The summed E-state index contributed by atoms with van der Waals surface area (Å²) in [7, 11) is 16.4. The molecule has 127 heavy (non-hydrogen) atoms. The zero-order chi connectivity index (χ0) is 94.1. The second kappa shape index (κ2) is 58.9. The smallest absolute Gasteiger partial charge is 0.320 e. The van der Waals surface area contributed by atoms with E-state index in [1.165, 1.54) is 64.4 Å². The molecule has 0 aliphatic carbocycles. The van der Waals surface area contributed by atoms with E-state index < -0.39 is 30.1 Å². The number of aromatic nitrogens is 4. The number of nitrogens with one attached hydrogen (secondary N) is 9. The number of likely N-dealkylation sites (tertiary alicyclic amines) is 2. The van der Waals surface area contributed by atoms with E-state index in [4.69, 9.17) is 49.0 Å². The van der Waals surface area contributed by atoms with Gasteiger partial charge < -0.3 is 107 Å². The Hall–Kier alpha value is -11.2. The minimum Gasteiger partial charge on any atom is -0.480 e. The summed E-state index contributed by atoms with van der Waals surface area (Å²) in [5.74, 6) is 0.362. The number of carbonyl (C=O) groups excluding carboxylic acids is 8. The van der Waals surface area contributed by atoms with Crippen LogP contribution in [0.4, 0.5) is 0 Å². The second-order valence-electron chi connectivity index (χ2n) is 29.0. The van der Waals surface area contributed by atoms with E-state index in [1.807, 2.05) is 97.9 Å². The van der Waals surface area contributed by atoms with Crippen LogP contribution in [-0.2, 0) is 38.2 Å². The van der Waals surface area contributed by atoms with Gasteiger partial charge in [0.25, 0.3) is 0 Å². The molecule has 22 N–H and O–H groups in total. The van der Waals surface area contributed by atoms with Crippen molar-refractivity contribution < 1.29 is 57.7 Å². The molecular weight excluding hydrogens is 1710 g/mol. The lowest BCUT2D eigenvalue weighted by Gasteiger charge is -2.25. The van der Waals surface area contributed by atoms with Crippen LogP contribution in [0.5, 0.6) is 0 Å². The average molecular weight is 1840 g/mol. The number of aliphatic imine (C=N–C) groups is 5. The summed E-state index contributed by atoms with van der Waals surface area (Å²) in [6.07, 6.45) is 7.62. The molecule has 2 saturated heterocycles. The van der Waals surface area contributed by atoms with Crippen molar-refractivity contribution in [2.24, 2.45) is 59.4 Å². The van der Waals surface area contributed by atoms with Crippen molar-refractivity contribution in [3.63, 3.8) is 0 Å². The third-order valence-corrected chi connectivity index (χ3v) is 24.0. The lowest BCUT2D eigenvalue weighted by atomic mass is 10.1. The van der Waals surface area contributed by atoms with Crippen molar-refractivity contribution in [3.05, 3.63) is 117 Å². The fourth-order valence-corrected chi connectivity index (χ4v) is 16.4. The maximum absolute atomic E-state index is 13.3. The highest BCUT2D eigenvalue weighted by Crippen LogP contribution is 2.28. The molecule has 38 nitrogen and oxygen atoms in total. The Morgan fingerprint density at radius 1 is 0.441 bits per heavy atom. The number of aryl methyl sites for hydroxylation is 1. The van der Waals surface area contributed by atoms with Gasteiger partial charge in [-0.05, 0) is 155 Å². The van der Waals surface area contributed by atoms with Gasteiger partial charge in [-0.1, -0.05) is 48.5 Å². The Bertz CT molecular complexity index is 4740. The summed E-state index contributed by atoms with van der Waals surface area (Å²) in [5, 5.41) is 37.5. The molecule has 4 aromatic carbocycles. The van der Waals surface area contributed by atoms with Crippen molar-refractivity contribution in [1.29, 1.82) is 0 Å². The van der Waals surface area contributed by atoms with E-state index in [0.29, 0.717) is 123 Å². The van der Waals surface area contributed by atoms with E-state index in [2.05, 4.69) is 98.8 Å². The predicted molar refractivity (Wildman–Crippen MR) is 511 cm³/mol. The second-order valence-corrected chi connectivity index (χ2v) is 33.3. The molecule has 2 aliphatic heterocycles. The van der Waals surface area contributed by atoms with Gasteiger partial charge in [-0.3, -0.25) is 68.1 Å². The fraction of sp³-hybridized carbons (Fsp3) is 0.506. The molecule has 0 unspecified atom stereocenters. The van der Waals surface area contributed by atoms with E-state index in [-0.39, 0.29) is 77.0 Å². The molecule has 696 valence electrons. The molecule has 4 aromatic heterocycles. The Labute approximate surface area is 758 Å². The summed E-state index contributed by atoms with van der Waals surface area (Å²) in [5.41, 5.74) is 37.1. The predicted octanol–water partition coefficient (Wildman–Crippen LogP) is 4.68. The molecule has 3 amide bonds. The number of hydrogen-bond donors (Lipinski definition) is 16. The van der Waals surface area contributed by atoms with Gasteiger partial charge in [0.05, 0.1) is 88.3 Å². The van der Waals surface area contributed by atoms with Crippen molar-refractivity contribution in [2.75, 3.05) is 116 Å². The summed E-state index contributed by atoms with van der Waals surface area (Å²) in [6.45, 7) is 12.1. The first-order valence-corrected chi connectivity index (χ1v) is 44.8. The number of ketones is 5. The number of aliphatic carboxylic acids is 1. The van der Waals surface area contributed by atoms with Crippen LogP contribution >= 0.6 is 45.3 Å². The van der Waals surface area contributed by atoms with Gasteiger partial charge in [0.1, 0.15) is 17.9 Å². The van der Waals surface area contributed by atoms with Gasteiger partial charge in [-0.2, -0.15) is 0 Å².